The molecule has 0 unspecified atom stereocenters. The van der Waals surface area contributed by atoms with Crippen LogP contribution in [-0.4, -0.2) is 5.91 Å². The Bertz CT molecular complexity index is 988. The fourth-order valence-corrected chi connectivity index (χ4v) is 2.71. The third-order valence-corrected chi connectivity index (χ3v) is 4.32. The topological polar surface area (TPSA) is 59.3 Å². The van der Waals surface area contributed by atoms with Gasteiger partial charge in [-0.2, -0.15) is 0 Å². The van der Waals surface area contributed by atoms with E-state index in [2.05, 4.69) is 5.32 Å². The standard InChI is InChI=1S/C19H14ClNO3/c20-13-5-3-11(4-6-13)18-10-16(22)15-9-14(7-8-17(15)24-18)21-19(23)12-1-2-12/h3-10,12H,1-2H2,(H,21,23). The SMILES string of the molecule is O=C(Nc1ccc2oc(-c3ccc(Cl)cc3)cc(=O)c2c1)C1CC1. The summed E-state index contributed by atoms with van der Waals surface area (Å²) in [7, 11) is 0. The molecule has 1 aromatic heterocycles. The number of anilines is 1. The molecule has 1 fully saturated rings. The molecule has 120 valence electrons. The lowest BCUT2D eigenvalue weighted by atomic mass is 10.1. The van der Waals surface area contributed by atoms with Crippen LogP contribution >= 0.6 is 11.6 Å². The van der Waals surface area contributed by atoms with E-state index in [4.69, 9.17) is 16.0 Å². The van der Waals surface area contributed by atoms with E-state index >= 15 is 0 Å². The summed E-state index contributed by atoms with van der Waals surface area (Å²) in [4.78, 5) is 24.3. The number of amides is 1. The number of carbonyl (C=O) groups is 1. The average Bonchev–Trinajstić information content (AvgIpc) is 3.41. The maximum absolute atomic E-state index is 12.4. The molecule has 1 saturated carbocycles. The molecule has 0 saturated heterocycles. The minimum atomic E-state index is -0.149. The molecule has 1 heterocycles. The van der Waals surface area contributed by atoms with Crippen LogP contribution < -0.4 is 10.7 Å². The predicted octanol–water partition coefficient (Wildman–Crippen LogP) is 4.46. The summed E-state index contributed by atoms with van der Waals surface area (Å²) in [6.45, 7) is 0. The number of rotatable bonds is 3. The van der Waals surface area contributed by atoms with E-state index in [0.29, 0.717) is 27.4 Å². The molecule has 0 atom stereocenters. The number of hydrogen-bond donors (Lipinski definition) is 1. The van der Waals surface area contributed by atoms with Crippen LogP contribution in [0.1, 0.15) is 12.8 Å². The number of fused-ring (bicyclic) bond motifs is 1. The molecule has 0 aliphatic heterocycles. The molecular formula is C19H14ClNO3. The molecule has 0 radical (unpaired) electrons. The molecule has 1 N–H and O–H groups in total. The van der Waals surface area contributed by atoms with Gasteiger partial charge in [-0.05, 0) is 55.3 Å². The summed E-state index contributed by atoms with van der Waals surface area (Å²) in [6, 6.07) is 13.7. The summed E-state index contributed by atoms with van der Waals surface area (Å²) in [6.07, 6.45) is 1.87. The molecule has 1 aliphatic carbocycles. The number of halogens is 1. The molecule has 4 nitrogen and oxygen atoms in total. The highest BCUT2D eigenvalue weighted by Crippen LogP contribution is 2.31. The van der Waals surface area contributed by atoms with Crippen molar-refractivity contribution >= 4 is 34.2 Å². The first-order valence-corrected chi connectivity index (χ1v) is 8.13. The van der Waals surface area contributed by atoms with Gasteiger partial charge in [0.2, 0.25) is 5.91 Å². The van der Waals surface area contributed by atoms with Gasteiger partial charge in [0.25, 0.3) is 0 Å². The largest absolute Gasteiger partial charge is 0.456 e. The molecule has 1 amide bonds. The van der Waals surface area contributed by atoms with Gasteiger partial charge < -0.3 is 9.73 Å². The van der Waals surface area contributed by atoms with Crippen molar-refractivity contribution in [2.75, 3.05) is 5.32 Å². The fourth-order valence-electron chi connectivity index (χ4n) is 2.58. The van der Waals surface area contributed by atoms with Gasteiger partial charge in [-0.1, -0.05) is 11.6 Å². The van der Waals surface area contributed by atoms with Gasteiger partial charge in [0.05, 0.1) is 5.39 Å². The summed E-state index contributed by atoms with van der Waals surface area (Å²) >= 11 is 5.88. The Labute approximate surface area is 143 Å². The quantitative estimate of drug-likeness (QED) is 0.766. The first kappa shape index (κ1) is 15.0. The first-order valence-electron chi connectivity index (χ1n) is 7.75. The number of carbonyl (C=O) groups excluding carboxylic acids is 1. The predicted molar refractivity (Wildman–Crippen MR) is 94.3 cm³/mol. The Morgan fingerprint density at radius 1 is 1.08 bits per heavy atom. The number of benzene rings is 2. The van der Waals surface area contributed by atoms with Gasteiger partial charge in [-0.25, -0.2) is 0 Å². The minimum Gasteiger partial charge on any atom is -0.456 e. The van der Waals surface area contributed by atoms with Gasteiger partial charge in [0.15, 0.2) is 5.43 Å². The lowest BCUT2D eigenvalue weighted by Gasteiger charge is -2.07. The molecule has 2 aromatic carbocycles. The van der Waals surface area contributed by atoms with Crippen molar-refractivity contribution < 1.29 is 9.21 Å². The van der Waals surface area contributed by atoms with Crippen molar-refractivity contribution in [1.29, 1.82) is 0 Å². The van der Waals surface area contributed by atoms with Crippen LogP contribution in [0.5, 0.6) is 0 Å². The van der Waals surface area contributed by atoms with Gasteiger partial charge in [-0.3, -0.25) is 9.59 Å². The van der Waals surface area contributed by atoms with Crippen LogP contribution in [0.25, 0.3) is 22.3 Å². The van der Waals surface area contributed by atoms with Gasteiger partial charge >= 0.3 is 0 Å². The van der Waals surface area contributed by atoms with Crippen LogP contribution in [0.15, 0.2) is 57.7 Å². The van der Waals surface area contributed by atoms with Gasteiger partial charge in [0, 0.05) is 28.3 Å². The Kier molecular flexibility index (Phi) is 3.62. The van der Waals surface area contributed by atoms with Crippen LogP contribution in [-0.2, 0) is 4.79 Å². The first-order chi connectivity index (χ1) is 11.6. The maximum atomic E-state index is 12.4. The van der Waals surface area contributed by atoms with Gasteiger partial charge in [-0.15, -0.1) is 0 Å². The zero-order valence-corrected chi connectivity index (χ0v) is 13.5. The Balaban J connectivity index is 1.72. The minimum absolute atomic E-state index is 0.0107. The Morgan fingerprint density at radius 3 is 2.54 bits per heavy atom. The normalized spacial score (nSPS) is 13.9. The van der Waals surface area contributed by atoms with E-state index in [1.54, 1.807) is 42.5 Å². The third-order valence-electron chi connectivity index (χ3n) is 4.07. The molecule has 4 rings (SSSR count). The van der Waals surface area contributed by atoms with Crippen molar-refractivity contribution in [1.82, 2.24) is 0 Å². The summed E-state index contributed by atoms with van der Waals surface area (Å²) < 4.78 is 5.83. The van der Waals surface area contributed by atoms with Crippen LogP contribution in [0.2, 0.25) is 5.02 Å². The second-order valence-electron chi connectivity index (χ2n) is 5.96. The van der Waals surface area contributed by atoms with E-state index in [9.17, 15) is 9.59 Å². The molecule has 5 heteroatoms. The summed E-state index contributed by atoms with van der Waals surface area (Å²) in [5, 5.41) is 3.91. The van der Waals surface area contributed by atoms with Crippen molar-refractivity contribution in [3.63, 3.8) is 0 Å². The van der Waals surface area contributed by atoms with Crippen molar-refractivity contribution in [3.8, 4) is 11.3 Å². The van der Waals surface area contributed by atoms with Gasteiger partial charge in [0.1, 0.15) is 11.3 Å². The molecule has 0 spiro atoms. The van der Waals surface area contributed by atoms with E-state index in [-0.39, 0.29) is 17.3 Å². The molecule has 0 bridgehead atoms. The monoisotopic (exact) mass is 339 g/mol. The second-order valence-corrected chi connectivity index (χ2v) is 6.39. The highest BCUT2D eigenvalue weighted by molar-refractivity contribution is 6.30. The Morgan fingerprint density at radius 2 is 1.83 bits per heavy atom. The zero-order valence-electron chi connectivity index (χ0n) is 12.7. The smallest absolute Gasteiger partial charge is 0.227 e. The van der Waals surface area contributed by atoms with Crippen molar-refractivity contribution in [2.24, 2.45) is 5.92 Å². The number of nitrogens with one attached hydrogen (secondary N) is 1. The van der Waals surface area contributed by atoms with E-state index in [1.165, 1.54) is 6.07 Å². The fraction of sp³-hybridized carbons (Fsp3) is 0.158. The average molecular weight is 340 g/mol. The summed E-state index contributed by atoms with van der Waals surface area (Å²) in [5.74, 6) is 0.611. The molecule has 3 aromatic rings. The molecule has 24 heavy (non-hydrogen) atoms. The zero-order chi connectivity index (χ0) is 16.7. The van der Waals surface area contributed by atoms with Crippen LogP contribution in [0.4, 0.5) is 5.69 Å². The number of hydrogen-bond acceptors (Lipinski definition) is 3. The Hall–Kier alpha value is -2.59. The maximum Gasteiger partial charge on any atom is 0.227 e. The lowest BCUT2D eigenvalue weighted by molar-refractivity contribution is -0.117. The van der Waals surface area contributed by atoms with Crippen molar-refractivity contribution in [2.45, 2.75) is 12.8 Å². The van der Waals surface area contributed by atoms with E-state index in [1.807, 2.05) is 0 Å². The summed E-state index contributed by atoms with van der Waals surface area (Å²) in [5.41, 5.74) is 1.73. The molecule has 1 aliphatic rings. The second kappa shape index (κ2) is 5.80. The lowest BCUT2D eigenvalue weighted by Crippen LogP contribution is -2.13. The van der Waals surface area contributed by atoms with E-state index in [0.717, 1.165) is 18.4 Å². The highest BCUT2D eigenvalue weighted by atomic mass is 35.5. The third kappa shape index (κ3) is 2.93. The van der Waals surface area contributed by atoms with Crippen LogP contribution in [0, 0.1) is 5.92 Å². The highest BCUT2D eigenvalue weighted by Gasteiger charge is 2.29. The van der Waals surface area contributed by atoms with E-state index < -0.39 is 0 Å². The van der Waals surface area contributed by atoms with Crippen LogP contribution in [0.3, 0.4) is 0 Å². The van der Waals surface area contributed by atoms with Crippen molar-refractivity contribution in [3.05, 3.63) is 63.8 Å². The molecular weight excluding hydrogens is 326 g/mol.